The molecule has 2 unspecified atom stereocenters. The predicted molar refractivity (Wildman–Crippen MR) is 149 cm³/mol. The highest BCUT2D eigenvalue weighted by Gasteiger charge is 2.36. The molecule has 1 aliphatic carbocycles. The Hall–Kier alpha value is -2.10. The standard InChI is InChI=1S/C27H35ClN2O5S2/c1-15-10-19(11-16(2)24(15)28)35-13-22(31)30-26-23(25(32)29-18-8-9-37(33,34)14-18)20-7-6-17(27(3,4)5)12-21(20)36-26/h10-11,17-18H,6-9,12-14H2,1-5H3,(H,29,32)(H,30,31). The first kappa shape index (κ1) is 27.9. The molecule has 2 aromatic rings. The lowest BCUT2D eigenvalue weighted by Crippen LogP contribution is -2.36. The maximum Gasteiger partial charge on any atom is 0.262 e. The molecule has 0 saturated carbocycles. The van der Waals surface area contributed by atoms with E-state index in [4.69, 9.17) is 16.3 Å². The van der Waals surface area contributed by atoms with Crippen molar-refractivity contribution >= 4 is 49.6 Å². The topological polar surface area (TPSA) is 102 Å². The number of hydrogen-bond donors (Lipinski definition) is 2. The van der Waals surface area contributed by atoms with Crippen LogP contribution in [0.5, 0.6) is 5.75 Å². The van der Waals surface area contributed by atoms with E-state index in [0.29, 0.717) is 33.7 Å². The molecule has 4 rings (SSSR count). The second kappa shape index (κ2) is 10.6. The Kier molecular flexibility index (Phi) is 7.98. The third-order valence-electron chi connectivity index (χ3n) is 7.32. The number of benzene rings is 1. The molecule has 1 aromatic carbocycles. The number of carbonyl (C=O) groups excluding carboxylic acids is 2. The zero-order valence-electron chi connectivity index (χ0n) is 22.0. The van der Waals surface area contributed by atoms with E-state index in [2.05, 4.69) is 31.4 Å². The third kappa shape index (κ3) is 6.49. The van der Waals surface area contributed by atoms with Gasteiger partial charge in [-0.25, -0.2) is 8.42 Å². The van der Waals surface area contributed by atoms with Gasteiger partial charge in [0, 0.05) is 15.9 Å². The molecule has 7 nitrogen and oxygen atoms in total. The predicted octanol–water partition coefficient (Wildman–Crippen LogP) is 5.10. The Morgan fingerprint density at radius 3 is 2.43 bits per heavy atom. The molecule has 0 radical (unpaired) electrons. The number of nitrogens with one attached hydrogen (secondary N) is 2. The first-order valence-corrected chi connectivity index (χ1v) is 15.6. The van der Waals surface area contributed by atoms with Crippen molar-refractivity contribution in [2.75, 3.05) is 23.4 Å². The summed E-state index contributed by atoms with van der Waals surface area (Å²) in [5.74, 6) is 0.360. The first-order valence-electron chi connectivity index (χ1n) is 12.6. The van der Waals surface area contributed by atoms with Gasteiger partial charge in [-0.3, -0.25) is 9.59 Å². The number of thiophene rings is 1. The highest BCUT2D eigenvalue weighted by atomic mass is 35.5. The quantitative estimate of drug-likeness (QED) is 0.506. The highest BCUT2D eigenvalue weighted by molar-refractivity contribution is 7.91. The molecule has 2 heterocycles. The number of ether oxygens (including phenoxy) is 1. The van der Waals surface area contributed by atoms with Crippen LogP contribution in [-0.2, 0) is 27.5 Å². The molecule has 1 aliphatic heterocycles. The number of aryl methyl sites for hydroxylation is 2. The van der Waals surface area contributed by atoms with Gasteiger partial charge in [0.15, 0.2) is 16.4 Å². The van der Waals surface area contributed by atoms with Gasteiger partial charge in [0.2, 0.25) is 0 Å². The Morgan fingerprint density at radius 2 is 1.84 bits per heavy atom. The third-order valence-corrected chi connectivity index (χ3v) is 10.9. The van der Waals surface area contributed by atoms with Crippen LogP contribution in [0.3, 0.4) is 0 Å². The molecule has 10 heteroatoms. The number of anilines is 1. The number of halogens is 1. The van der Waals surface area contributed by atoms with Crippen LogP contribution in [-0.4, -0.2) is 44.4 Å². The van der Waals surface area contributed by atoms with Crippen LogP contribution in [0.4, 0.5) is 5.00 Å². The fraction of sp³-hybridized carbons (Fsp3) is 0.556. The fourth-order valence-corrected chi connectivity index (χ4v) is 8.24. The summed E-state index contributed by atoms with van der Waals surface area (Å²) in [6.07, 6.45) is 2.95. The molecule has 0 bridgehead atoms. The number of hydrogen-bond acceptors (Lipinski definition) is 6. The number of fused-ring (bicyclic) bond motifs is 1. The fourth-order valence-electron chi connectivity index (χ4n) is 5.12. The molecule has 1 saturated heterocycles. The molecule has 202 valence electrons. The average molecular weight is 567 g/mol. The van der Waals surface area contributed by atoms with Crippen molar-refractivity contribution in [3.8, 4) is 5.75 Å². The van der Waals surface area contributed by atoms with Gasteiger partial charge in [-0.05, 0) is 79.7 Å². The van der Waals surface area contributed by atoms with Crippen molar-refractivity contribution in [3.05, 3.63) is 44.3 Å². The minimum absolute atomic E-state index is 0.0490. The van der Waals surface area contributed by atoms with Crippen LogP contribution in [0.15, 0.2) is 12.1 Å². The van der Waals surface area contributed by atoms with Gasteiger partial charge in [0.1, 0.15) is 10.8 Å². The summed E-state index contributed by atoms with van der Waals surface area (Å²) >= 11 is 7.67. The van der Waals surface area contributed by atoms with Crippen LogP contribution in [0.2, 0.25) is 5.02 Å². The maximum absolute atomic E-state index is 13.4. The SMILES string of the molecule is Cc1cc(OCC(=O)Nc2sc3c(c2C(=O)NC2CCS(=O)(=O)C2)CCC(C(C)(C)C)C3)cc(C)c1Cl. The van der Waals surface area contributed by atoms with Crippen LogP contribution in [0.25, 0.3) is 0 Å². The van der Waals surface area contributed by atoms with Gasteiger partial charge in [0.05, 0.1) is 17.1 Å². The number of amides is 2. The minimum Gasteiger partial charge on any atom is -0.484 e. The van der Waals surface area contributed by atoms with Crippen LogP contribution < -0.4 is 15.4 Å². The Bertz CT molecular complexity index is 1300. The number of sulfone groups is 1. The molecule has 2 aliphatic rings. The first-order chi connectivity index (χ1) is 17.2. The van der Waals surface area contributed by atoms with Crippen molar-refractivity contribution in [2.45, 2.75) is 66.3 Å². The van der Waals surface area contributed by atoms with Crippen LogP contribution in [0.1, 0.15) is 65.5 Å². The largest absolute Gasteiger partial charge is 0.484 e. The summed E-state index contributed by atoms with van der Waals surface area (Å²) in [6.45, 7) is 10.2. The van der Waals surface area contributed by atoms with Crippen molar-refractivity contribution in [1.82, 2.24) is 5.32 Å². The van der Waals surface area contributed by atoms with Gasteiger partial charge in [-0.1, -0.05) is 32.4 Å². The number of rotatable bonds is 6. The molecule has 0 spiro atoms. The van der Waals surface area contributed by atoms with Gasteiger partial charge in [-0.2, -0.15) is 0 Å². The minimum atomic E-state index is -3.13. The molecular weight excluding hydrogens is 532 g/mol. The smallest absolute Gasteiger partial charge is 0.262 e. The van der Waals surface area contributed by atoms with Gasteiger partial charge < -0.3 is 15.4 Å². The lowest BCUT2D eigenvalue weighted by atomic mass is 9.72. The molecular formula is C27H35ClN2O5S2. The lowest BCUT2D eigenvalue weighted by molar-refractivity contribution is -0.118. The summed E-state index contributed by atoms with van der Waals surface area (Å²) in [5.41, 5.74) is 3.29. The molecule has 2 amide bonds. The lowest BCUT2D eigenvalue weighted by Gasteiger charge is -2.33. The Morgan fingerprint density at radius 1 is 1.16 bits per heavy atom. The second-order valence-electron chi connectivity index (χ2n) is 11.3. The van der Waals surface area contributed by atoms with Gasteiger partial charge >= 0.3 is 0 Å². The molecule has 2 N–H and O–H groups in total. The van der Waals surface area contributed by atoms with E-state index in [1.807, 2.05) is 13.8 Å². The highest BCUT2D eigenvalue weighted by Crippen LogP contribution is 2.44. The summed E-state index contributed by atoms with van der Waals surface area (Å²) in [4.78, 5) is 27.4. The average Bonchev–Trinajstić information content (AvgIpc) is 3.33. The molecule has 1 aromatic heterocycles. The Balaban J connectivity index is 1.54. The van der Waals surface area contributed by atoms with Crippen molar-refractivity contribution in [3.63, 3.8) is 0 Å². The van der Waals surface area contributed by atoms with Crippen molar-refractivity contribution < 1.29 is 22.7 Å². The van der Waals surface area contributed by atoms with Crippen molar-refractivity contribution in [1.29, 1.82) is 0 Å². The zero-order valence-corrected chi connectivity index (χ0v) is 24.4. The molecule has 2 atom stereocenters. The van der Waals surface area contributed by atoms with E-state index < -0.39 is 15.9 Å². The van der Waals surface area contributed by atoms with E-state index in [0.717, 1.165) is 40.8 Å². The zero-order chi connectivity index (χ0) is 27.1. The molecule has 37 heavy (non-hydrogen) atoms. The van der Waals surface area contributed by atoms with Gasteiger partial charge in [0.25, 0.3) is 11.8 Å². The van der Waals surface area contributed by atoms with E-state index in [1.54, 1.807) is 12.1 Å². The maximum atomic E-state index is 13.4. The monoisotopic (exact) mass is 566 g/mol. The normalized spacial score (nSPS) is 20.8. The second-order valence-corrected chi connectivity index (χ2v) is 15.0. The summed E-state index contributed by atoms with van der Waals surface area (Å²) in [6, 6.07) is 3.16. The summed E-state index contributed by atoms with van der Waals surface area (Å²) < 4.78 is 29.5. The van der Waals surface area contributed by atoms with Crippen molar-refractivity contribution in [2.24, 2.45) is 11.3 Å². The van der Waals surface area contributed by atoms with E-state index in [9.17, 15) is 18.0 Å². The summed E-state index contributed by atoms with van der Waals surface area (Å²) in [5, 5.41) is 6.98. The molecule has 1 fully saturated rings. The Labute approximate surface area is 228 Å². The van der Waals surface area contributed by atoms with E-state index in [1.165, 1.54) is 11.3 Å². The van der Waals surface area contributed by atoms with E-state index in [-0.39, 0.29) is 35.3 Å². The number of carbonyl (C=O) groups is 2. The van der Waals surface area contributed by atoms with Crippen LogP contribution in [0, 0.1) is 25.2 Å². The van der Waals surface area contributed by atoms with Crippen LogP contribution >= 0.6 is 22.9 Å². The summed E-state index contributed by atoms with van der Waals surface area (Å²) in [7, 11) is -3.13. The van der Waals surface area contributed by atoms with Gasteiger partial charge in [-0.15, -0.1) is 11.3 Å². The van der Waals surface area contributed by atoms with E-state index >= 15 is 0 Å².